The summed E-state index contributed by atoms with van der Waals surface area (Å²) in [7, 11) is 0. The van der Waals surface area contributed by atoms with Crippen molar-refractivity contribution < 1.29 is 9.72 Å². The van der Waals surface area contributed by atoms with E-state index in [4.69, 9.17) is 0 Å². The van der Waals surface area contributed by atoms with Gasteiger partial charge in [0.25, 0.3) is 5.69 Å². The van der Waals surface area contributed by atoms with Crippen molar-refractivity contribution in [1.82, 2.24) is 10.2 Å². The quantitative estimate of drug-likeness (QED) is 0.638. The Labute approximate surface area is 135 Å². The van der Waals surface area contributed by atoms with Gasteiger partial charge in [-0.15, -0.1) is 0 Å². The molecule has 1 aromatic carbocycles. The maximum Gasteiger partial charge on any atom is 0.292 e. The molecule has 2 aliphatic rings. The number of benzene rings is 1. The normalized spacial score (nSPS) is 24.0. The molecule has 2 N–H and O–H groups in total. The maximum atomic E-state index is 12.2. The molecule has 0 radical (unpaired) electrons. The summed E-state index contributed by atoms with van der Waals surface area (Å²) in [5, 5.41) is 16.9. The number of fused-ring (bicyclic) bond motifs is 1. The van der Waals surface area contributed by atoms with E-state index in [1.165, 1.54) is 18.9 Å². The predicted molar refractivity (Wildman–Crippen MR) is 87.3 cm³/mol. The van der Waals surface area contributed by atoms with E-state index >= 15 is 0 Å². The highest BCUT2D eigenvalue weighted by Crippen LogP contribution is 2.27. The highest BCUT2D eigenvalue weighted by atomic mass is 16.6. The van der Waals surface area contributed by atoms with Gasteiger partial charge in [0.05, 0.1) is 11.5 Å². The Bertz CT molecular complexity index is 592. The van der Waals surface area contributed by atoms with Gasteiger partial charge in [0.2, 0.25) is 5.91 Å². The van der Waals surface area contributed by atoms with Gasteiger partial charge in [0, 0.05) is 24.7 Å². The summed E-state index contributed by atoms with van der Waals surface area (Å²) in [4.78, 5) is 25.1. The van der Waals surface area contributed by atoms with Crippen LogP contribution in [0, 0.1) is 10.1 Å². The maximum absolute atomic E-state index is 12.2. The summed E-state index contributed by atoms with van der Waals surface area (Å²) >= 11 is 0. The van der Waals surface area contributed by atoms with Gasteiger partial charge >= 0.3 is 0 Å². The molecular formula is C16H22N4O3. The van der Waals surface area contributed by atoms with E-state index < -0.39 is 4.92 Å². The van der Waals surface area contributed by atoms with Crippen molar-refractivity contribution in [3.8, 4) is 0 Å². The first kappa shape index (κ1) is 15.7. The second kappa shape index (κ2) is 6.95. The van der Waals surface area contributed by atoms with Crippen LogP contribution in [-0.4, -0.2) is 47.4 Å². The smallest absolute Gasteiger partial charge is 0.292 e. The molecule has 0 unspecified atom stereocenters. The van der Waals surface area contributed by atoms with Crippen LogP contribution >= 0.6 is 0 Å². The van der Waals surface area contributed by atoms with E-state index in [1.807, 2.05) is 0 Å². The summed E-state index contributed by atoms with van der Waals surface area (Å²) in [6, 6.07) is 7.03. The van der Waals surface area contributed by atoms with Crippen molar-refractivity contribution >= 4 is 17.3 Å². The summed E-state index contributed by atoms with van der Waals surface area (Å²) in [6.07, 6.45) is 4.60. The summed E-state index contributed by atoms with van der Waals surface area (Å²) in [5.41, 5.74) is 0.359. The number of amides is 1. The fourth-order valence-electron chi connectivity index (χ4n) is 3.63. The van der Waals surface area contributed by atoms with E-state index in [2.05, 4.69) is 15.5 Å². The van der Waals surface area contributed by atoms with Gasteiger partial charge in [-0.2, -0.15) is 0 Å². The minimum absolute atomic E-state index is 0.0142. The van der Waals surface area contributed by atoms with E-state index in [0.29, 0.717) is 11.7 Å². The zero-order chi connectivity index (χ0) is 16.2. The topological polar surface area (TPSA) is 87.5 Å². The summed E-state index contributed by atoms with van der Waals surface area (Å²) in [5.74, 6) is -0.111. The number of rotatable bonds is 5. The van der Waals surface area contributed by atoms with Gasteiger partial charge in [0.15, 0.2) is 0 Å². The number of anilines is 1. The van der Waals surface area contributed by atoms with Crippen molar-refractivity contribution in [3.63, 3.8) is 0 Å². The average Bonchev–Trinajstić information content (AvgIpc) is 2.96. The number of nitro groups is 1. The van der Waals surface area contributed by atoms with Crippen LogP contribution in [0.2, 0.25) is 0 Å². The molecule has 0 aliphatic carbocycles. The number of nitrogens with zero attached hydrogens (tertiary/aromatic N) is 2. The lowest BCUT2D eigenvalue weighted by Crippen LogP contribution is -2.48. The number of hydrogen-bond donors (Lipinski definition) is 2. The van der Waals surface area contributed by atoms with Crippen LogP contribution in [0.3, 0.4) is 0 Å². The summed E-state index contributed by atoms with van der Waals surface area (Å²) < 4.78 is 0. The molecule has 2 saturated heterocycles. The molecule has 1 aromatic rings. The van der Waals surface area contributed by atoms with Gasteiger partial charge in [0.1, 0.15) is 5.69 Å². The lowest BCUT2D eigenvalue weighted by molar-refractivity contribution is -0.383. The number of para-hydroxylation sites is 2. The molecule has 2 atom stereocenters. The molecule has 124 valence electrons. The number of nitrogens with one attached hydrogen (secondary N) is 2. The van der Waals surface area contributed by atoms with Crippen molar-refractivity contribution in [2.75, 3.05) is 25.0 Å². The second-order valence-electron chi connectivity index (χ2n) is 6.19. The minimum atomic E-state index is -0.447. The fraction of sp³-hybridized carbons (Fsp3) is 0.562. The number of piperidine rings is 1. The number of carbonyl (C=O) groups excluding carboxylic acids is 1. The average molecular weight is 318 g/mol. The van der Waals surface area contributed by atoms with Crippen molar-refractivity contribution in [3.05, 3.63) is 34.4 Å². The van der Waals surface area contributed by atoms with Crippen LogP contribution in [0.1, 0.15) is 25.7 Å². The van der Waals surface area contributed by atoms with Gasteiger partial charge in [-0.1, -0.05) is 18.6 Å². The lowest BCUT2D eigenvalue weighted by atomic mass is 9.99. The van der Waals surface area contributed by atoms with E-state index in [9.17, 15) is 14.9 Å². The molecule has 2 fully saturated rings. The summed E-state index contributed by atoms with van der Waals surface area (Å²) in [6.45, 7) is 2.23. The molecule has 1 amide bonds. The SMILES string of the molecule is O=C(CNc1ccccc1[N+](=O)[O-])N[C@@H]1CCN2CCCC[C@@H]12. The van der Waals surface area contributed by atoms with Gasteiger partial charge in [-0.3, -0.25) is 19.8 Å². The van der Waals surface area contributed by atoms with Gasteiger partial charge in [-0.25, -0.2) is 0 Å². The van der Waals surface area contributed by atoms with Crippen molar-refractivity contribution in [1.29, 1.82) is 0 Å². The van der Waals surface area contributed by atoms with E-state index in [0.717, 1.165) is 25.9 Å². The van der Waals surface area contributed by atoms with E-state index in [-0.39, 0.29) is 24.2 Å². The third-order valence-corrected chi connectivity index (χ3v) is 4.74. The minimum Gasteiger partial charge on any atom is -0.371 e. The third-order valence-electron chi connectivity index (χ3n) is 4.74. The van der Waals surface area contributed by atoms with Crippen LogP contribution in [0.25, 0.3) is 0 Å². The Morgan fingerprint density at radius 1 is 1.26 bits per heavy atom. The lowest BCUT2D eigenvalue weighted by Gasteiger charge is -2.32. The zero-order valence-corrected chi connectivity index (χ0v) is 13.0. The molecule has 0 aromatic heterocycles. The molecule has 0 saturated carbocycles. The molecular weight excluding hydrogens is 296 g/mol. The Hall–Kier alpha value is -2.15. The number of nitro benzene ring substituents is 1. The predicted octanol–water partition coefficient (Wildman–Crippen LogP) is 1.75. The second-order valence-corrected chi connectivity index (χ2v) is 6.19. The Morgan fingerprint density at radius 2 is 2.09 bits per heavy atom. The van der Waals surface area contributed by atoms with E-state index in [1.54, 1.807) is 18.2 Å². The van der Waals surface area contributed by atoms with Gasteiger partial charge in [-0.05, 0) is 31.9 Å². The Balaban J connectivity index is 1.53. The zero-order valence-electron chi connectivity index (χ0n) is 13.0. The van der Waals surface area contributed by atoms with Crippen LogP contribution < -0.4 is 10.6 Å². The first-order chi connectivity index (χ1) is 11.1. The monoisotopic (exact) mass is 318 g/mol. The van der Waals surface area contributed by atoms with Crippen LogP contribution in [0.15, 0.2) is 24.3 Å². The van der Waals surface area contributed by atoms with Gasteiger partial charge < -0.3 is 10.6 Å². The molecule has 7 heteroatoms. The standard InChI is InChI=1S/C16H22N4O3/c21-16(11-17-12-5-1-2-7-15(12)20(22)23)18-13-8-10-19-9-4-3-6-14(13)19/h1-2,5,7,13-14,17H,3-4,6,8-11H2,(H,18,21)/t13-,14+/m1/s1. The first-order valence-corrected chi connectivity index (χ1v) is 8.16. The highest BCUT2D eigenvalue weighted by molar-refractivity contribution is 5.82. The van der Waals surface area contributed by atoms with Crippen molar-refractivity contribution in [2.45, 2.75) is 37.8 Å². The highest BCUT2D eigenvalue weighted by Gasteiger charge is 2.36. The molecule has 2 aliphatic heterocycles. The Morgan fingerprint density at radius 3 is 2.91 bits per heavy atom. The molecule has 2 heterocycles. The number of hydrogen-bond acceptors (Lipinski definition) is 5. The fourth-order valence-corrected chi connectivity index (χ4v) is 3.63. The third kappa shape index (κ3) is 3.61. The molecule has 0 bridgehead atoms. The van der Waals surface area contributed by atoms with Crippen molar-refractivity contribution in [2.24, 2.45) is 0 Å². The van der Waals surface area contributed by atoms with Crippen LogP contribution in [0.4, 0.5) is 11.4 Å². The molecule has 0 spiro atoms. The first-order valence-electron chi connectivity index (χ1n) is 8.16. The van der Waals surface area contributed by atoms with Crippen LogP contribution in [0.5, 0.6) is 0 Å². The molecule has 7 nitrogen and oxygen atoms in total. The van der Waals surface area contributed by atoms with Crippen LogP contribution in [-0.2, 0) is 4.79 Å². The molecule has 23 heavy (non-hydrogen) atoms. The number of carbonyl (C=O) groups is 1. The largest absolute Gasteiger partial charge is 0.371 e. The molecule has 3 rings (SSSR count). The Kier molecular flexibility index (Phi) is 4.76.